The van der Waals surface area contributed by atoms with E-state index in [0.717, 1.165) is 30.0 Å². The quantitative estimate of drug-likeness (QED) is 0.633. The van der Waals surface area contributed by atoms with Gasteiger partial charge in [-0.15, -0.1) is 0 Å². The Morgan fingerprint density at radius 3 is 2.33 bits per heavy atom. The van der Waals surface area contributed by atoms with Crippen LogP contribution in [0.4, 0.5) is 16.3 Å². The first kappa shape index (κ1) is 21.3. The Bertz CT molecular complexity index is 1160. The summed E-state index contributed by atoms with van der Waals surface area (Å²) in [5.74, 6) is 0.936. The fourth-order valence-electron chi connectivity index (χ4n) is 4.29. The van der Waals surface area contributed by atoms with Crippen LogP contribution in [0.2, 0.25) is 5.02 Å². The highest BCUT2D eigenvalue weighted by Gasteiger charge is 2.26. The molecule has 1 fully saturated rings. The minimum atomic E-state index is -0.188. The van der Waals surface area contributed by atoms with Gasteiger partial charge in [-0.25, -0.2) is 9.78 Å². The standard InChI is InChI=1S/C25H24ClN5O2/c26-22-5-3-4-19-16-31(17-21(19)22)25(33)28-20-9-7-18(8-10-20)24(32)30-14-12-29(13-15-30)23-6-1-2-11-27-23/h1-11H,12-17H2,(H,28,33). The highest BCUT2D eigenvalue weighted by Crippen LogP contribution is 2.29. The molecule has 2 aliphatic heterocycles. The average molecular weight is 462 g/mol. The van der Waals surface area contributed by atoms with Crippen molar-refractivity contribution in [2.45, 2.75) is 13.1 Å². The van der Waals surface area contributed by atoms with E-state index >= 15 is 0 Å². The van der Waals surface area contributed by atoms with Gasteiger partial charge in [-0.1, -0.05) is 29.8 Å². The van der Waals surface area contributed by atoms with Crippen LogP contribution in [0.15, 0.2) is 66.9 Å². The molecule has 1 saturated heterocycles. The molecule has 0 saturated carbocycles. The normalized spacial score (nSPS) is 15.4. The summed E-state index contributed by atoms with van der Waals surface area (Å²) in [4.78, 5) is 35.8. The molecule has 1 N–H and O–H groups in total. The monoisotopic (exact) mass is 461 g/mol. The van der Waals surface area contributed by atoms with Crippen LogP contribution in [0.3, 0.4) is 0 Å². The van der Waals surface area contributed by atoms with E-state index in [-0.39, 0.29) is 11.9 Å². The summed E-state index contributed by atoms with van der Waals surface area (Å²) in [6.45, 7) is 3.81. The van der Waals surface area contributed by atoms with Crippen molar-refractivity contribution in [1.29, 1.82) is 0 Å². The molecule has 7 nitrogen and oxygen atoms in total. The van der Waals surface area contributed by atoms with Gasteiger partial charge >= 0.3 is 6.03 Å². The van der Waals surface area contributed by atoms with E-state index in [4.69, 9.17) is 11.6 Å². The lowest BCUT2D eigenvalue weighted by molar-refractivity contribution is 0.0746. The van der Waals surface area contributed by atoms with Crippen LogP contribution in [0.1, 0.15) is 21.5 Å². The van der Waals surface area contributed by atoms with Gasteiger partial charge in [0.1, 0.15) is 5.82 Å². The minimum Gasteiger partial charge on any atom is -0.353 e. The number of benzene rings is 2. The van der Waals surface area contributed by atoms with Crippen LogP contribution in [-0.2, 0) is 13.1 Å². The maximum atomic E-state index is 12.9. The smallest absolute Gasteiger partial charge is 0.322 e. The maximum absolute atomic E-state index is 12.9. The molecule has 0 unspecified atom stereocenters. The van der Waals surface area contributed by atoms with Crippen LogP contribution in [0.25, 0.3) is 0 Å². The number of aromatic nitrogens is 1. The van der Waals surface area contributed by atoms with Gasteiger partial charge in [-0.3, -0.25) is 4.79 Å². The number of hydrogen-bond donors (Lipinski definition) is 1. The number of hydrogen-bond acceptors (Lipinski definition) is 4. The number of pyridine rings is 1. The van der Waals surface area contributed by atoms with E-state index in [9.17, 15) is 9.59 Å². The molecule has 0 spiro atoms. The van der Waals surface area contributed by atoms with E-state index in [1.54, 1.807) is 35.4 Å². The fourth-order valence-corrected chi connectivity index (χ4v) is 4.54. The molecule has 3 aromatic rings. The summed E-state index contributed by atoms with van der Waals surface area (Å²) in [7, 11) is 0. The summed E-state index contributed by atoms with van der Waals surface area (Å²) in [6, 6.07) is 18.5. The SMILES string of the molecule is O=C(Nc1ccc(C(=O)N2CCN(c3ccccn3)CC2)cc1)N1Cc2cccc(Cl)c2C1. The number of anilines is 2. The Kier molecular flexibility index (Phi) is 5.88. The average Bonchev–Trinajstić information content (AvgIpc) is 3.31. The molecule has 3 amide bonds. The maximum Gasteiger partial charge on any atom is 0.322 e. The lowest BCUT2D eigenvalue weighted by Crippen LogP contribution is -2.49. The van der Waals surface area contributed by atoms with Gasteiger partial charge in [0.05, 0.1) is 0 Å². The number of nitrogens with zero attached hydrogens (tertiary/aromatic N) is 4. The number of amides is 3. The first-order chi connectivity index (χ1) is 16.1. The van der Waals surface area contributed by atoms with Crippen molar-refractivity contribution >= 4 is 35.0 Å². The second-order valence-electron chi connectivity index (χ2n) is 8.21. The van der Waals surface area contributed by atoms with Gasteiger partial charge in [0, 0.05) is 61.7 Å². The zero-order chi connectivity index (χ0) is 22.8. The van der Waals surface area contributed by atoms with E-state index in [0.29, 0.717) is 42.5 Å². The Labute approximate surface area is 197 Å². The zero-order valence-corrected chi connectivity index (χ0v) is 18.8. The largest absolute Gasteiger partial charge is 0.353 e. The van der Waals surface area contributed by atoms with E-state index in [1.165, 1.54) is 0 Å². The Hall–Kier alpha value is -3.58. The van der Waals surface area contributed by atoms with Gasteiger partial charge in [-0.2, -0.15) is 0 Å². The predicted molar refractivity (Wildman–Crippen MR) is 129 cm³/mol. The van der Waals surface area contributed by atoms with E-state index in [1.807, 2.05) is 41.3 Å². The molecular formula is C25H24ClN5O2. The van der Waals surface area contributed by atoms with Gasteiger partial charge in [0.2, 0.25) is 0 Å². The van der Waals surface area contributed by atoms with E-state index < -0.39 is 0 Å². The summed E-state index contributed by atoms with van der Waals surface area (Å²) >= 11 is 6.25. The van der Waals surface area contributed by atoms with E-state index in [2.05, 4.69) is 15.2 Å². The number of carbonyl (C=O) groups excluding carboxylic acids is 2. The minimum absolute atomic E-state index is 0.00168. The Balaban J connectivity index is 1.16. The molecule has 0 bridgehead atoms. The molecular weight excluding hydrogens is 438 g/mol. The number of nitrogens with one attached hydrogen (secondary N) is 1. The third-order valence-electron chi connectivity index (χ3n) is 6.14. The zero-order valence-electron chi connectivity index (χ0n) is 18.1. The van der Waals surface area contributed by atoms with Gasteiger partial charge in [-0.05, 0) is 53.6 Å². The third kappa shape index (κ3) is 4.50. The van der Waals surface area contributed by atoms with Crippen molar-refractivity contribution in [3.63, 3.8) is 0 Å². The molecule has 0 atom stereocenters. The Morgan fingerprint density at radius 1 is 0.848 bits per heavy atom. The predicted octanol–water partition coefficient (Wildman–Crippen LogP) is 4.25. The summed E-state index contributed by atoms with van der Waals surface area (Å²) < 4.78 is 0. The second kappa shape index (κ2) is 9.11. The summed E-state index contributed by atoms with van der Waals surface area (Å²) in [5.41, 5.74) is 3.33. The van der Waals surface area contributed by atoms with Crippen molar-refractivity contribution in [3.05, 3.63) is 88.6 Å². The van der Waals surface area contributed by atoms with Crippen molar-refractivity contribution in [1.82, 2.24) is 14.8 Å². The molecule has 2 aromatic carbocycles. The van der Waals surface area contributed by atoms with Gasteiger partial charge in [0.25, 0.3) is 5.91 Å². The topological polar surface area (TPSA) is 68.8 Å². The van der Waals surface area contributed by atoms with Crippen molar-refractivity contribution < 1.29 is 9.59 Å². The van der Waals surface area contributed by atoms with Crippen molar-refractivity contribution in [2.75, 3.05) is 36.4 Å². The lowest BCUT2D eigenvalue weighted by atomic mass is 10.1. The third-order valence-corrected chi connectivity index (χ3v) is 6.49. The van der Waals surface area contributed by atoms with Crippen LogP contribution in [0.5, 0.6) is 0 Å². The highest BCUT2D eigenvalue weighted by molar-refractivity contribution is 6.31. The number of piperazine rings is 1. The van der Waals surface area contributed by atoms with Crippen molar-refractivity contribution in [2.24, 2.45) is 0 Å². The number of rotatable bonds is 3. The first-order valence-electron chi connectivity index (χ1n) is 11.0. The fraction of sp³-hybridized carbons (Fsp3) is 0.240. The lowest BCUT2D eigenvalue weighted by Gasteiger charge is -2.35. The number of urea groups is 1. The molecule has 0 radical (unpaired) electrons. The highest BCUT2D eigenvalue weighted by atomic mass is 35.5. The number of fused-ring (bicyclic) bond motifs is 1. The molecule has 8 heteroatoms. The molecule has 33 heavy (non-hydrogen) atoms. The molecule has 1 aromatic heterocycles. The first-order valence-corrected chi connectivity index (χ1v) is 11.3. The van der Waals surface area contributed by atoms with Crippen LogP contribution in [-0.4, -0.2) is 52.9 Å². The van der Waals surface area contributed by atoms with Crippen LogP contribution < -0.4 is 10.2 Å². The van der Waals surface area contributed by atoms with Gasteiger partial charge in [0.15, 0.2) is 0 Å². The molecule has 168 valence electrons. The number of carbonyl (C=O) groups is 2. The Morgan fingerprint density at radius 2 is 1.64 bits per heavy atom. The van der Waals surface area contributed by atoms with Crippen LogP contribution >= 0.6 is 11.6 Å². The van der Waals surface area contributed by atoms with Crippen LogP contribution in [0, 0.1) is 0 Å². The summed E-state index contributed by atoms with van der Waals surface area (Å²) in [6.07, 6.45) is 1.78. The molecule has 2 aliphatic rings. The summed E-state index contributed by atoms with van der Waals surface area (Å²) in [5, 5.41) is 3.60. The van der Waals surface area contributed by atoms with Gasteiger partial charge < -0.3 is 20.0 Å². The van der Waals surface area contributed by atoms with Crippen molar-refractivity contribution in [3.8, 4) is 0 Å². The number of halogens is 1. The molecule has 3 heterocycles. The molecule has 5 rings (SSSR count). The second-order valence-corrected chi connectivity index (χ2v) is 8.62. The molecule has 0 aliphatic carbocycles.